The van der Waals surface area contributed by atoms with Gasteiger partial charge in [-0.2, -0.15) is 4.98 Å². The second-order valence-corrected chi connectivity index (χ2v) is 5.64. The molecule has 9 heteroatoms. The first-order chi connectivity index (χ1) is 11.7. The summed E-state index contributed by atoms with van der Waals surface area (Å²) in [7, 11) is 1.51. The van der Waals surface area contributed by atoms with E-state index in [2.05, 4.69) is 20.8 Å². The van der Waals surface area contributed by atoms with Gasteiger partial charge >= 0.3 is 6.03 Å². The third-order valence-electron chi connectivity index (χ3n) is 3.51. The Hall–Kier alpha value is -2.32. The molecule has 1 aromatic heterocycles. The molecule has 0 radical (unpaired) electrons. The number of carbonyl (C=O) groups excluding carboxylic acids is 1. The third-order valence-corrected chi connectivity index (χ3v) is 3.74. The van der Waals surface area contributed by atoms with E-state index in [-0.39, 0.29) is 12.6 Å². The number of hydrogen-bond donors (Lipinski definition) is 2. The lowest BCUT2D eigenvalue weighted by Crippen LogP contribution is -2.28. The lowest BCUT2D eigenvalue weighted by atomic mass is 10.2. The Labute approximate surface area is 143 Å². The fraction of sp³-hybridized carbons (Fsp3) is 0.400. The number of amides is 2. The van der Waals surface area contributed by atoms with Crippen molar-refractivity contribution in [2.75, 3.05) is 19.0 Å². The zero-order chi connectivity index (χ0) is 16.9. The number of hydrogen-bond acceptors (Lipinski definition) is 6. The van der Waals surface area contributed by atoms with Crippen LogP contribution in [0.15, 0.2) is 22.7 Å². The Morgan fingerprint density at radius 3 is 3.12 bits per heavy atom. The SMILES string of the molecule is COc1ccc(Cl)cc1NC(=O)NCc1noc([C@@H]2CCCO2)n1. The number of urea groups is 1. The molecule has 8 nitrogen and oxygen atoms in total. The summed E-state index contributed by atoms with van der Waals surface area (Å²) in [5.74, 6) is 1.34. The monoisotopic (exact) mass is 352 g/mol. The van der Waals surface area contributed by atoms with Gasteiger partial charge in [0.2, 0.25) is 0 Å². The third kappa shape index (κ3) is 3.95. The van der Waals surface area contributed by atoms with Crippen molar-refractivity contribution >= 4 is 23.3 Å². The molecule has 0 saturated carbocycles. The molecule has 1 atom stereocenters. The predicted octanol–water partition coefficient (Wildman–Crippen LogP) is 2.90. The van der Waals surface area contributed by atoms with Crippen molar-refractivity contribution in [1.82, 2.24) is 15.5 Å². The first kappa shape index (κ1) is 16.5. The van der Waals surface area contributed by atoms with Crippen LogP contribution in [-0.4, -0.2) is 29.9 Å². The Bertz CT molecular complexity index is 715. The molecule has 1 saturated heterocycles. The van der Waals surface area contributed by atoms with Crippen molar-refractivity contribution in [3.8, 4) is 5.75 Å². The van der Waals surface area contributed by atoms with Crippen molar-refractivity contribution in [2.24, 2.45) is 0 Å². The Morgan fingerprint density at radius 1 is 1.50 bits per heavy atom. The molecule has 1 aliphatic heterocycles. The van der Waals surface area contributed by atoms with Gasteiger partial charge in [-0.25, -0.2) is 4.79 Å². The van der Waals surface area contributed by atoms with Gasteiger partial charge in [0, 0.05) is 11.6 Å². The second-order valence-electron chi connectivity index (χ2n) is 5.20. The van der Waals surface area contributed by atoms with Gasteiger partial charge < -0.3 is 24.6 Å². The van der Waals surface area contributed by atoms with Crippen LogP contribution in [0.3, 0.4) is 0 Å². The molecule has 128 valence electrons. The van der Waals surface area contributed by atoms with Crippen molar-refractivity contribution in [2.45, 2.75) is 25.5 Å². The number of ether oxygens (including phenoxy) is 2. The van der Waals surface area contributed by atoms with Gasteiger partial charge in [-0.05, 0) is 31.0 Å². The predicted molar refractivity (Wildman–Crippen MR) is 86.1 cm³/mol. The lowest BCUT2D eigenvalue weighted by Gasteiger charge is -2.10. The van der Waals surface area contributed by atoms with E-state index >= 15 is 0 Å². The molecule has 3 rings (SSSR count). The van der Waals surface area contributed by atoms with Crippen LogP contribution in [0.1, 0.15) is 30.7 Å². The van der Waals surface area contributed by atoms with Gasteiger partial charge in [0.15, 0.2) is 5.82 Å². The zero-order valence-corrected chi connectivity index (χ0v) is 13.8. The quantitative estimate of drug-likeness (QED) is 0.858. The summed E-state index contributed by atoms with van der Waals surface area (Å²) >= 11 is 5.92. The van der Waals surface area contributed by atoms with Crippen LogP contribution in [0.25, 0.3) is 0 Å². The number of nitrogens with one attached hydrogen (secondary N) is 2. The molecule has 2 amide bonds. The number of rotatable bonds is 5. The van der Waals surface area contributed by atoms with Crippen LogP contribution in [0.2, 0.25) is 5.02 Å². The summed E-state index contributed by atoms with van der Waals surface area (Å²) in [6, 6.07) is 4.52. The van der Waals surface area contributed by atoms with E-state index in [9.17, 15) is 4.79 Å². The fourth-order valence-corrected chi connectivity index (χ4v) is 2.52. The van der Waals surface area contributed by atoms with Gasteiger partial charge in [0.1, 0.15) is 11.9 Å². The molecule has 1 aliphatic rings. The van der Waals surface area contributed by atoms with Crippen molar-refractivity contribution in [1.29, 1.82) is 0 Å². The highest BCUT2D eigenvalue weighted by Gasteiger charge is 2.23. The number of nitrogens with zero attached hydrogens (tertiary/aromatic N) is 2. The average Bonchev–Trinajstić information content (AvgIpc) is 3.24. The largest absolute Gasteiger partial charge is 0.495 e. The van der Waals surface area contributed by atoms with Crippen LogP contribution in [0.4, 0.5) is 10.5 Å². The highest BCUT2D eigenvalue weighted by Crippen LogP contribution is 2.28. The molecule has 1 fully saturated rings. The van der Waals surface area contributed by atoms with Gasteiger partial charge in [0.05, 0.1) is 19.3 Å². The summed E-state index contributed by atoms with van der Waals surface area (Å²) in [5, 5.41) is 9.64. The molecule has 0 spiro atoms. The topological polar surface area (TPSA) is 98.5 Å². The van der Waals surface area contributed by atoms with E-state index in [4.69, 9.17) is 25.6 Å². The summed E-state index contributed by atoms with van der Waals surface area (Å²) in [5.41, 5.74) is 0.468. The molecule has 24 heavy (non-hydrogen) atoms. The Kier molecular flexibility index (Phi) is 5.17. The van der Waals surface area contributed by atoms with E-state index in [1.54, 1.807) is 18.2 Å². The maximum absolute atomic E-state index is 12.0. The van der Waals surface area contributed by atoms with Gasteiger partial charge in [-0.15, -0.1) is 0 Å². The van der Waals surface area contributed by atoms with Crippen LogP contribution in [0, 0.1) is 0 Å². The van der Waals surface area contributed by atoms with E-state index in [1.165, 1.54) is 7.11 Å². The highest BCUT2D eigenvalue weighted by molar-refractivity contribution is 6.31. The van der Waals surface area contributed by atoms with Crippen LogP contribution in [-0.2, 0) is 11.3 Å². The number of anilines is 1. The number of halogens is 1. The molecule has 0 unspecified atom stereocenters. The number of aromatic nitrogens is 2. The van der Waals surface area contributed by atoms with Gasteiger partial charge in [-0.1, -0.05) is 16.8 Å². The number of carbonyl (C=O) groups is 1. The zero-order valence-electron chi connectivity index (χ0n) is 13.0. The van der Waals surface area contributed by atoms with E-state index in [0.29, 0.717) is 34.8 Å². The standard InChI is InChI=1S/C15H17ClN4O4/c1-22-11-5-4-9(16)7-10(11)18-15(21)17-8-13-19-14(24-20-13)12-3-2-6-23-12/h4-5,7,12H,2-3,6,8H2,1H3,(H2,17,18,21)/t12-/m0/s1. The minimum absolute atomic E-state index is 0.130. The molecule has 2 aromatic rings. The van der Waals surface area contributed by atoms with Gasteiger partial charge in [-0.3, -0.25) is 0 Å². The fourth-order valence-electron chi connectivity index (χ4n) is 2.35. The molecular formula is C15H17ClN4O4. The van der Waals surface area contributed by atoms with Crippen LogP contribution < -0.4 is 15.4 Å². The lowest BCUT2D eigenvalue weighted by molar-refractivity contribution is 0.0835. The Morgan fingerprint density at radius 2 is 2.38 bits per heavy atom. The molecule has 1 aromatic carbocycles. The normalized spacial score (nSPS) is 16.8. The van der Waals surface area contributed by atoms with Crippen molar-refractivity contribution in [3.05, 3.63) is 34.9 Å². The Balaban J connectivity index is 1.55. The molecule has 0 bridgehead atoms. The van der Waals surface area contributed by atoms with Crippen LogP contribution >= 0.6 is 11.6 Å². The first-order valence-corrected chi connectivity index (χ1v) is 7.86. The molecule has 0 aliphatic carbocycles. The van der Waals surface area contributed by atoms with Gasteiger partial charge in [0.25, 0.3) is 5.89 Å². The van der Waals surface area contributed by atoms with Crippen molar-refractivity contribution in [3.63, 3.8) is 0 Å². The maximum Gasteiger partial charge on any atom is 0.319 e. The minimum atomic E-state index is -0.431. The summed E-state index contributed by atoms with van der Waals surface area (Å²) in [6.45, 7) is 0.829. The summed E-state index contributed by atoms with van der Waals surface area (Å²) in [4.78, 5) is 16.2. The number of benzene rings is 1. The van der Waals surface area contributed by atoms with E-state index in [0.717, 1.165) is 12.8 Å². The molecule has 2 heterocycles. The van der Waals surface area contributed by atoms with Crippen LogP contribution in [0.5, 0.6) is 5.75 Å². The highest BCUT2D eigenvalue weighted by atomic mass is 35.5. The first-order valence-electron chi connectivity index (χ1n) is 7.48. The molecular weight excluding hydrogens is 336 g/mol. The second kappa shape index (κ2) is 7.50. The summed E-state index contributed by atoms with van der Waals surface area (Å²) in [6.07, 6.45) is 1.70. The minimum Gasteiger partial charge on any atom is -0.495 e. The average molecular weight is 353 g/mol. The summed E-state index contributed by atoms with van der Waals surface area (Å²) < 4.78 is 15.8. The van der Waals surface area contributed by atoms with E-state index < -0.39 is 6.03 Å². The van der Waals surface area contributed by atoms with Crippen molar-refractivity contribution < 1.29 is 18.8 Å². The smallest absolute Gasteiger partial charge is 0.319 e. The molecule has 2 N–H and O–H groups in total. The van der Waals surface area contributed by atoms with E-state index in [1.807, 2.05) is 0 Å². The maximum atomic E-state index is 12.0. The number of methoxy groups -OCH3 is 1.